The summed E-state index contributed by atoms with van der Waals surface area (Å²) in [5.74, 6) is 0.756. The third-order valence-corrected chi connectivity index (χ3v) is 9.89. The summed E-state index contributed by atoms with van der Waals surface area (Å²) in [6.07, 6.45) is 3.74. The lowest BCUT2D eigenvalue weighted by molar-refractivity contribution is 0.656. The first-order valence-electron chi connectivity index (χ1n) is 16.5. The molecular formula is C45H29N3O. The standard InChI is InChI=1S/C45H29N3O/c1-3-40-41(4-2)48-43-38-21-9-10-22-42(38)49-44(43)46-45(48)47(40)32-16-12-15-30(26-32)28-13-11-14-29(25-28)31-23-24-37-35-19-6-5-17-33(35)34-18-7-8-20-36(34)39(37)27-31/h3-27H,1-2H2. The molecule has 4 heteroatoms. The molecule has 0 N–H and O–H groups in total. The highest BCUT2D eigenvalue weighted by Gasteiger charge is 2.23. The van der Waals surface area contributed by atoms with Crippen LogP contribution in [0.15, 0.2) is 157 Å². The highest BCUT2D eigenvalue weighted by atomic mass is 16.3. The van der Waals surface area contributed by atoms with Crippen LogP contribution in [-0.4, -0.2) is 14.0 Å². The summed E-state index contributed by atoms with van der Waals surface area (Å²) in [6, 6.07) is 49.8. The largest absolute Gasteiger partial charge is 0.436 e. The van der Waals surface area contributed by atoms with E-state index in [1.165, 1.54) is 43.4 Å². The molecule has 4 nitrogen and oxygen atoms in total. The van der Waals surface area contributed by atoms with Crippen LogP contribution in [0, 0.1) is 0 Å². The zero-order valence-electron chi connectivity index (χ0n) is 26.6. The Labute approximate surface area is 282 Å². The number of benzene rings is 7. The van der Waals surface area contributed by atoms with E-state index in [0.717, 1.165) is 50.5 Å². The van der Waals surface area contributed by atoms with Crippen molar-refractivity contribution in [2.75, 3.05) is 0 Å². The Bertz CT molecular complexity index is 2950. The lowest BCUT2D eigenvalue weighted by atomic mass is 9.91. The van der Waals surface area contributed by atoms with Crippen LogP contribution in [0.1, 0.15) is 11.4 Å². The number of furan rings is 1. The van der Waals surface area contributed by atoms with Crippen molar-refractivity contribution in [2.45, 2.75) is 0 Å². The Morgan fingerprint density at radius 3 is 1.71 bits per heavy atom. The maximum absolute atomic E-state index is 6.17. The van der Waals surface area contributed by atoms with Crippen LogP contribution in [0.2, 0.25) is 0 Å². The van der Waals surface area contributed by atoms with E-state index in [1.54, 1.807) is 0 Å². The number of fused-ring (bicyclic) bond motifs is 11. The number of hydrogen-bond donors (Lipinski definition) is 0. The van der Waals surface area contributed by atoms with Crippen molar-refractivity contribution < 1.29 is 4.42 Å². The average Bonchev–Trinajstić information content (AvgIpc) is 3.81. The summed E-state index contributed by atoms with van der Waals surface area (Å²) >= 11 is 0. The van der Waals surface area contributed by atoms with Gasteiger partial charge < -0.3 is 4.42 Å². The molecule has 0 saturated carbocycles. The monoisotopic (exact) mass is 627 g/mol. The fourth-order valence-electron chi connectivity index (χ4n) is 7.70. The van der Waals surface area contributed by atoms with E-state index in [9.17, 15) is 0 Å². The van der Waals surface area contributed by atoms with Gasteiger partial charge in [0.25, 0.3) is 0 Å². The van der Waals surface area contributed by atoms with Gasteiger partial charge in [-0.05, 0) is 103 Å². The maximum atomic E-state index is 6.17. The molecule has 0 atom stereocenters. The lowest BCUT2D eigenvalue weighted by Gasteiger charge is -2.13. The molecule has 0 bridgehead atoms. The van der Waals surface area contributed by atoms with E-state index in [4.69, 9.17) is 9.40 Å². The summed E-state index contributed by atoms with van der Waals surface area (Å²) in [7, 11) is 0. The molecule has 0 amide bonds. The van der Waals surface area contributed by atoms with Gasteiger partial charge in [-0.1, -0.05) is 116 Å². The van der Waals surface area contributed by atoms with E-state index >= 15 is 0 Å². The van der Waals surface area contributed by atoms with Gasteiger partial charge in [-0.25, -0.2) is 0 Å². The molecule has 49 heavy (non-hydrogen) atoms. The number of rotatable bonds is 5. The van der Waals surface area contributed by atoms with Crippen LogP contribution < -0.4 is 0 Å². The van der Waals surface area contributed by atoms with Crippen molar-refractivity contribution in [1.29, 1.82) is 0 Å². The Kier molecular flexibility index (Phi) is 5.84. The number of nitrogens with zero attached hydrogens (tertiary/aromatic N) is 3. The molecule has 0 radical (unpaired) electrons. The molecule has 0 spiro atoms. The van der Waals surface area contributed by atoms with Gasteiger partial charge in [0, 0.05) is 11.1 Å². The van der Waals surface area contributed by atoms with Crippen molar-refractivity contribution in [3.05, 3.63) is 164 Å². The first-order valence-corrected chi connectivity index (χ1v) is 16.5. The third kappa shape index (κ3) is 3.95. The fourth-order valence-corrected chi connectivity index (χ4v) is 7.70. The molecule has 7 aromatic carbocycles. The summed E-state index contributed by atoms with van der Waals surface area (Å²) < 4.78 is 10.4. The first-order chi connectivity index (χ1) is 24.2. The Balaban J connectivity index is 1.12. The molecule has 0 aliphatic heterocycles. The Morgan fingerprint density at radius 2 is 1.04 bits per heavy atom. The van der Waals surface area contributed by atoms with Gasteiger partial charge in [0.05, 0.1) is 11.4 Å². The van der Waals surface area contributed by atoms with E-state index in [0.29, 0.717) is 5.71 Å². The van der Waals surface area contributed by atoms with Crippen molar-refractivity contribution >= 4 is 72.4 Å². The molecular weight excluding hydrogens is 599 g/mol. The van der Waals surface area contributed by atoms with Gasteiger partial charge >= 0.3 is 0 Å². The second kappa shape index (κ2) is 10.4. The van der Waals surface area contributed by atoms with Crippen molar-refractivity contribution in [3.63, 3.8) is 0 Å². The van der Waals surface area contributed by atoms with Crippen molar-refractivity contribution in [3.8, 4) is 27.9 Å². The SMILES string of the molecule is C=Cc1c(C=C)n2c3c(nc2n1-c1cccc(-c2cccc(-c4ccc5c6ccccc6c6ccccc6c5c4)c2)c1)oc1ccccc13. The fraction of sp³-hybridized carbons (Fsp3) is 0. The zero-order valence-corrected chi connectivity index (χ0v) is 26.6. The average molecular weight is 628 g/mol. The minimum atomic E-state index is 0.601. The van der Waals surface area contributed by atoms with Crippen LogP contribution in [0.3, 0.4) is 0 Å². The van der Waals surface area contributed by atoms with E-state index in [1.807, 2.05) is 30.4 Å². The van der Waals surface area contributed by atoms with Crippen molar-refractivity contribution in [1.82, 2.24) is 14.0 Å². The van der Waals surface area contributed by atoms with E-state index < -0.39 is 0 Å². The summed E-state index contributed by atoms with van der Waals surface area (Å²) in [5.41, 5.74) is 9.78. The third-order valence-electron chi connectivity index (χ3n) is 9.89. The Morgan fingerprint density at radius 1 is 0.490 bits per heavy atom. The quantitative estimate of drug-likeness (QED) is 0.178. The molecule has 0 fully saturated rings. The highest BCUT2D eigenvalue weighted by Crippen LogP contribution is 2.39. The molecule has 3 heterocycles. The van der Waals surface area contributed by atoms with Gasteiger partial charge in [-0.15, -0.1) is 0 Å². The molecule has 10 aromatic rings. The van der Waals surface area contributed by atoms with Crippen LogP contribution in [0.25, 0.3) is 100 Å². The summed E-state index contributed by atoms with van der Waals surface area (Å²) in [6.45, 7) is 8.34. The second-order valence-corrected chi connectivity index (χ2v) is 12.5. The normalized spacial score (nSPS) is 11.8. The minimum absolute atomic E-state index is 0.601. The van der Waals surface area contributed by atoms with Gasteiger partial charge in [0.1, 0.15) is 11.1 Å². The van der Waals surface area contributed by atoms with Gasteiger partial charge in [0.2, 0.25) is 11.5 Å². The predicted molar refractivity (Wildman–Crippen MR) is 205 cm³/mol. The number of aromatic nitrogens is 3. The number of imidazole rings is 2. The number of hydrogen-bond acceptors (Lipinski definition) is 2. The van der Waals surface area contributed by atoms with Crippen molar-refractivity contribution in [2.24, 2.45) is 0 Å². The maximum Gasteiger partial charge on any atom is 0.248 e. The smallest absolute Gasteiger partial charge is 0.248 e. The summed E-state index contributed by atoms with van der Waals surface area (Å²) in [4.78, 5) is 4.99. The minimum Gasteiger partial charge on any atom is -0.436 e. The topological polar surface area (TPSA) is 35.4 Å². The molecule has 0 aliphatic carbocycles. The van der Waals surface area contributed by atoms with E-state index in [2.05, 4.69) is 143 Å². The zero-order chi connectivity index (χ0) is 32.6. The molecule has 3 aromatic heterocycles. The molecule has 0 aliphatic rings. The van der Waals surface area contributed by atoms with Crippen LogP contribution in [0.5, 0.6) is 0 Å². The van der Waals surface area contributed by atoms with Gasteiger partial charge in [-0.3, -0.25) is 8.97 Å². The van der Waals surface area contributed by atoms with Gasteiger partial charge in [0.15, 0.2) is 0 Å². The van der Waals surface area contributed by atoms with E-state index in [-0.39, 0.29) is 0 Å². The van der Waals surface area contributed by atoms with Gasteiger partial charge in [-0.2, -0.15) is 4.98 Å². The molecule has 230 valence electrons. The molecule has 0 unspecified atom stereocenters. The van der Waals surface area contributed by atoms with Crippen LogP contribution in [0.4, 0.5) is 0 Å². The summed E-state index contributed by atoms with van der Waals surface area (Å²) in [5, 5.41) is 8.68. The van der Waals surface area contributed by atoms with Crippen LogP contribution >= 0.6 is 0 Å². The molecule has 0 saturated heterocycles. The Hall–Kier alpha value is -6.65. The van der Waals surface area contributed by atoms with Crippen LogP contribution in [-0.2, 0) is 0 Å². The first kappa shape index (κ1) is 27.5. The lowest BCUT2D eigenvalue weighted by Crippen LogP contribution is -1.98. The highest BCUT2D eigenvalue weighted by molar-refractivity contribution is 6.25. The second-order valence-electron chi connectivity index (χ2n) is 12.5. The molecule has 10 rings (SSSR count). The predicted octanol–water partition coefficient (Wildman–Crippen LogP) is 12.1. The number of para-hydroxylation sites is 1.